The molecule has 96 valence electrons. The van der Waals surface area contributed by atoms with Gasteiger partial charge in [-0.1, -0.05) is 11.3 Å². The van der Waals surface area contributed by atoms with E-state index in [2.05, 4.69) is 20.4 Å². The molecule has 1 atom stereocenters. The Hall–Kier alpha value is -0.720. The highest BCUT2D eigenvalue weighted by atomic mass is 32.1. The summed E-state index contributed by atoms with van der Waals surface area (Å²) in [7, 11) is 1.74. The van der Waals surface area contributed by atoms with Gasteiger partial charge in [0.05, 0.1) is 6.61 Å². The second kappa shape index (κ2) is 6.88. The van der Waals surface area contributed by atoms with E-state index in [1.807, 2.05) is 0 Å². The number of anilines is 1. The number of nitrogens with zero attached hydrogens (tertiary/aromatic N) is 3. The van der Waals surface area contributed by atoms with Crippen molar-refractivity contribution in [2.75, 3.05) is 44.8 Å². The standard InChI is InChI=1S/C11H20N4OS/c1-16-6-4-12-7-10-3-2-5-15(8-10)11-14-13-9-17-11/h9-10,12H,2-8H2,1H3. The average molecular weight is 256 g/mol. The minimum absolute atomic E-state index is 0.713. The van der Waals surface area contributed by atoms with E-state index >= 15 is 0 Å². The van der Waals surface area contributed by atoms with Crippen molar-refractivity contribution in [3.8, 4) is 0 Å². The van der Waals surface area contributed by atoms with Crippen LogP contribution in [0.3, 0.4) is 0 Å². The van der Waals surface area contributed by atoms with Crippen molar-refractivity contribution in [1.82, 2.24) is 15.5 Å². The molecular formula is C11H20N4OS. The Kier molecular flexibility index (Phi) is 5.15. The van der Waals surface area contributed by atoms with Crippen LogP contribution in [0.5, 0.6) is 0 Å². The number of piperidine rings is 1. The van der Waals surface area contributed by atoms with Crippen molar-refractivity contribution in [2.24, 2.45) is 5.92 Å². The molecule has 0 aromatic carbocycles. The number of aromatic nitrogens is 2. The smallest absolute Gasteiger partial charge is 0.208 e. The largest absolute Gasteiger partial charge is 0.383 e. The molecule has 2 heterocycles. The Morgan fingerprint density at radius 3 is 3.35 bits per heavy atom. The van der Waals surface area contributed by atoms with E-state index in [1.54, 1.807) is 24.0 Å². The highest BCUT2D eigenvalue weighted by Crippen LogP contribution is 2.23. The van der Waals surface area contributed by atoms with Crippen LogP contribution in [-0.2, 0) is 4.74 Å². The fourth-order valence-corrected chi connectivity index (χ4v) is 2.79. The van der Waals surface area contributed by atoms with Crippen molar-refractivity contribution in [3.05, 3.63) is 5.51 Å². The monoisotopic (exact) mass is 256 g/mol. The van der Waals surface area contributed by atoms with Gasteiger partial charge in [0.2, 0.25) is 5.13 Å². The summed E-state index contributed by atoms with van der Waals surface area (Å²) in [6, 6.07) is 0. The predicted molar refractivity (Wildman–Crippen MR) is 69.6 cm³/mol. The number of nitrogens with one attached hydrogen (secondary N) is 1. The molecule has 1 saturated heterocycles. The molecule has 1 aliphatic heterocycles. The third-order valence-electron chi connectivity index (χ3n) is 3.05. The van der Waals surface area contributed by atoms with Gasteiger partial charge >= 0.3 is 0 Å². The Bertz CT molecular complexity index is 306. The lowest BCUT2D eigenvalue weighted by Crippen LogP contribution is -2.40. The first-order valence-corrected chi connectivity index (χ1v) is 6.99. The summed E-state index contributed by atoms with van der Waals surface area (Å²) in [4.78, 5) is 2.35. The van der Waals surface area contributed by atoms with Crippen LogP contribution >= 0.6 is 11.3 Å². The van der Waals surface area contributed by atoms with Gasteiger partial charge in [0.1, 0.15) is 5.51 Å². The number of methoxy groups -OCH3 is 1. The molecule has 0 saturated carbocycles. The molecule has 0 radical (unpaired) electrons. The van der Waals surface area contributed by atoms with Crippen LogP contribution in [0.15, 0.2) is 5.51 Å². The molecule has 1 aromatic rings. The number of rotatable bonds is 6. The van der Waals surface area contributed by atoms with Gasteiger partial charge in [-0.2, -0.15) is 0 Å². The van der Waals surface area contributed by atoms with Crippen LogP contribution in [0.4, 0.5) is 5.13 Å². The Morgan fingerprint density at radius 1 is 1.65 bits per heavy atom. The summed E-state index contributed by atoms with van der Waals surface area (Å²) >= 11 is 1.63. The van der Waals surface area contributed by atoms with Crippen LogP contribution in [0.2, 0.25) is 0 Å². The zero-order valence-electron chi connectivity index (χ0n) is 10.3. The highest BCUT2D eigenvalue weighted by molar-refractivity contribution is 7.13. The summed E-state index contributed by atoms with van der Waals surface area (Å²) in [5, 5.41) is 12.5. The van der Waals surface area contributed by atoms with Gasteiger partial charge in [-0.25, -0.2) is 0 Å². The molecule has 0 bridgehead atoms. The average Bonchev–Trinajstić information content (AvgIpc) is 2.89. The van der Waals surface area contributed by atoms with Crippen LogP contribution in [-0.4, -0.2) is 50.1 Å². The van der Waals surface area contributed by atoms with Crippen molar-refractivity contribution in [1.29, 1.82) is 0 Å². The van der Waals surface area contributed by atoms with E-state index in [-0.39, 0.29) is 0 Å². The second-order valence-electron chi connectivity index (χ2n) is 4.37. The van der Waals surface area contributed by atoms with Crippen LogP contribution < -0.4 is 10.2 Å². The Morgan fingerprint density at radius 2 is 2.59 bits per heavy atom. The lowest BCUT2D eigenvalue weighted by molar-refractivity contribution is 0.197. The molecular weight excluding hydrogens is 236 g/mol. The molecule has 0 aliphatic carbocycles. The third-order valence-corrected chi connectivity index (χ3v) is 3.80. The van der Waals surface area contributed by atoms with E-state index in [0.717, 1.165) is 37.9 Å². The molecule has 2 rings (SSSR count). The quantitative estimate of drug-likeness (QED) is 0.769. The number of ether oxygens (including phenoxy) is 1. The molecule has 17 heavy (non-hydrogen) atoms. The molecule has 6 heteroatoms. The van der Waals surface area contributed by atoms with E-state index in [4.69, 9.17) is 4.74 Å². The molecule has 1 unspecified atom stereocenters. The molecule has 1 N–H and O–H groups in total. The summed E-state index contributed by atoms with van der Waals surface area (Å²) < 4.78 is 5.02. The SMILES string of the molecule is COCCNCC1CCCN(c2nncs2)C1. The number of hydrogen-bond donors (Lipinski definition) is 1. The van der Waals surface area contributed by atoms with Crippen LogP contribution in [0, 0.1) is 5.92 Å². The highest BCUT2D eigenvalue weighted by Gasteiger charge is 2.21. The van der Waals surface area contributed by atoms with E-state index < -0.39 is 0 Å². The zero-order valence-corrected chi connectivity index (χ0v) is 11.1. The Balaban J connectivity index is 1.73. The molecule has 1 fully saturated rings. The molecule has 0 amide bonds. The van der Waals surface area contributed by atoms with Gasteiger partial charge in [0, 0.05) is 26.7 Å². The third kappa shape index (κ3) is 3.90. The first kappa shape index (κ1) is 12.7. The van der Waals surface area contributed by atoms with Gasteiger partial charge in [-0.3, -0.25) is 0 Å². The number of hydrogen-bond acceptors (Lipinski definition) is 6. The summed E-state index contributed by atoms with van der Waals surface area (Å²) in [6.45, 7) is 5.00. The van der Waals surface area contributed by atoms with Gasteiger partial charge in [-0.15, -0.1) is 10.2 Å². The zero-order chi connectivity index (χ0) is 11.9. The van der Waals surface area contributed by atoms with Gasteiger partial charge < -0.3 is 15.0 Å². The molecule has 1 aliphatic rings. The van der Waals surface area contributed by atoms with Crippen molar-refractivity contribution >= 4 is 16.5 Å². The molecule has 5 nitrogen and oxygen atoms in total. The maximum Gasteiger partial charge on any atom is 0.208 e. The van der Waals surface area contributed by atoms with E-state index in [1.165, 1.54) is 12.8 Å². The predicted octanol–water partition coefficient (Wildman–Crippen LogP) is 0.990. The van der Waals surface area contributed by atoms with Crippen LogP contribution in [0.25, 0.3) is 0 Å². The summed E-state index contributed by atoms with van der Waals surface area (Å²) in [6.07, 6.45) is 2.55. The maximum absolute atomic E-state index is 5.02. The summed E-state index contributed by atoms with van der Waals surface area (Å²) in [5.41, 5.74) is 1.80. The minimum atomic E-state index is 0.713. The fraction of sp³-hybridized carbons (Fsp3) is 0.818. The second-order valence-corrected chi connectivity index (χ2v) is 5.18. The van der Waals surface area contributed by atoms with Gasteiger partial charge in [0.15, 0.2) is 0 Å². The molecule has 1 aromatic heterocycles. The van der Waals surface area contributed by atoms with E-state index in [9.17, 15) is 0 Å². The molecule has 0 spiro atoms. The van der Waals surface area contributed by atoms with Crippen LogP contribution in [0.1, 0.15) is 12.8 Å². The lowest BCUT2D eigenvalue weighted by atomic mass is 9.98. The summed E-state index contributed by atoms with van der Waals surface area (Å²) in [5.74, 6) is 0.713. The fourth-order valence-electron chi connectivity index (χ4n) is 2.19. The van der Waals surface area contributed by atoms with Gasteiger partial charge in [-0.05, 0) is 25.3 Å². The maximum atomic E-state index is 5.02. The van der Waals surface area contributed by atoms with Gasteiger partial charge in [0.25, 0.3) is 0 Å². The van der Waals surface area contributed by atoms with Crippen molar-refractivity contribution in [3.63, 3.8) is 0 Å². The van der Waals surface area contributed by atoms with Crippen molar-refractivity contribution < 1.29 is 4.74 Å². The topological polar surface area (TPSA) is 50.3 Å². The lowest BCUT2D eigenvalue weighted by Gasteiger charge is -2.32. The first-order chi connectivity index (χ1) is 8.40. The van der Waals surface area contributed by atoms with E-state index in [0.29, 0.717) is 5.92 Å². The first-order valence-electron chi connectivity index (χ1n) is 6.11. The Labute approximate surface area is 106 Å². The van der Waals surface area contributed by atoms with Crippen molar-refractivity contribution in [2.45, 2.75) is 12.8 Å². The minimum Gasteiger partial charge on any atom is -0.383 e. The normalized spacial score (nSPS) is 20.8.